The van der Waals surface area contributed by atoms with E-state index in [9.17, 15) is 4.79 Å². The predicted octanol–water partition coefficient (Wildman–Crippen LogP) is 4.85. The number of aromatic nitrogens is 2. The highest BCUT2D eigenvalue weighted by Gasteiger charge is 2.12. The molecule has 0 aliphatic carbocycles. The molecule has 0 aliphatic heterocycles. The maximum Gasteiger partial charge on any atom is 0.226 e. The molecule has 30 heavy (non-hydrogen) atoms. The number of nitrogens with zero attached hydrogens (tertiary/aromatic N) is 2. The number of benzene rings is 2. The lowest BCUT2D eigenvalue weighted by molar-refractivity contribution is -0.120. The van der Waals surface area contributed by atoms with Gasteiger partial charge in [0.1, 0.15) is 0 Å². The molecule has 0 fully saturated rings. The number of thiazole rings is 1. The van der Waals surface area contributed by atoms with E-state index in [2.05, 4.69) is 16.4 Å². The third-order valence-corrected chi connectivity index (χ3v) is 5.65. The van der Waals surface area contributed by atoms with Crippen LogP contribution < -0.4 is 5.32 Å². The molecule has 5 nitrogen and oxygen atoms in total. The molecule has 154 valence electrons. The van der Waals surface area contributed by atoms with E-state index in [1.54, 1.807) is 11.3 Å². The lowest BCUT2D eigenvalue weighted by atomic mass is 10.1. The number of carbonyl (C=O) groups excluding carboxylic acids is 1. The number of carbonyl (C=O) groups is 1. The Kier molecular flexibility index (Phi) is 6.26. The molecule has 0 bridgehead atoms. The van der Waals surface area contributed by atoms with Gasteiger partial charge in [0.05, 0.1) is 24.8 Å². The van der Waals surface area contributed by atoms with Gasteiger partial charge < -0.3 is 10.1 Å². The zero-order valence-electron chi connectivity index (χ0n) is 17.2. The molecule has 6 heteroatoms. The summed E-state index contributed by atoms with van der Waals surface area (Å²) >= 11 is 1.55. The minimum atomic E-state index is -0.00602. The predicted molar refractivity (Wildman–Crippen MR) is 120 cm³/mol. The molecule has 2 aromatic heterocycles. The van der Waals surface area contributed by atoms with Crippen LogP contribution in [-0.4, -0.2) is 21.4 Å². The summed E-state index contributed by atoms with van der Waals surface area (Å²) < 4.78 is 7.67. The standard InChI is InChI=1S/C24H25N3O2S/c1-17(2)29-15-19-8-6-7-18(11-19)13-25-23(28)12-21-16-30-24-26-22(14-27(21)24)20-9-4-3-5-10-20/h3-11,14,16-17H,12-13,15H2,1-2H3,(H,25,28). The van der Waals surface area contributed by atoms with Crippen LogP contribution in [0.2, 0.25) is 0 Å². The van der Waals surface area contributed by atoms with Crippen molar-refractivity contribution in [2.24, 2.45) is 0 Å². The van der Waals surface area contributed by atoms with Gasteiger partial charge in [-0.3, -0.25) is 9.20 Å². The molecule has 0 saturated carbocycles. The first kappa shape index (κ1) is 20.3. The molecule has 0 atom stereocenters. The van der Waals surface area contributed by atoms with E-state index in [1.165, 1.54) is 0 Å². The number of hydrogen-bond acceptors (Lipinski definition) is 4. The maximum atomic E-state index is 12.5. The Balaban J connectivity index is 1.38. The van der Waals surface area contributed by atoms with Crippen molar-refractivity contribution in [1.29, 1.82) is 0 Å². The summed E-state index contributed by atoms with van der Waals surface area (Å²) in [7, 11) is 0. The largest absolute Gasteiger partial charge is 0.374 e. The van der Waals surface area contributed by atoms with Crippen LogP contribution in [0.15, 0.2) is 66.2 Å². The molecule has 2 heterocycles. The molecule has 4 aromatic rings. The molecule has 1 amide bonds. The number of hydrogen-bond donors (Lipinski definition) is 1. The van der Waals surface area contributed by atoms with E-state index in [0.29, 0.717) is 19.6 Å². The smallest absolute Gasteiger partial charge is 0.226 e. The molecule has 4 rings (SSSR count). The third kappa shape index (κ3) is 4.96. The number of nitrogens with one attached hydrogen (secondary N) is 1. The number of amides is 1. The third-order valence-electron chi connectivity index (χ3n) is 4.76. The molecule has 1 N–H and O–H groups in total. The van der Waals surface area contributed by atoms with Crippen molar-refractivity contribution in [3.05, 3.63) is 83.0 Å². The fourth-order valence-corrected chi connectivity index (χ4v) is 4.10. The van der Waals surface area contributed by atoms with Gasteiger partial charge in [-0.25, -0.2) is 4.98 Å². The second kappa shape index (κ2) is 9.24. The van der Waals surface area contributed by atoms with Gasteiger partial charge in [0.25, 0.3) is 0 Å². The van der Waals surface area contributed by atoms with Crippen LogP contribution in [0, 0.1) is 0 Å². The van der Waals surface area contributed by atoms with Crippen LogP contribution in [0.5, 0.6) is 0 Å². The summed E-state index contributed by atoms with van der Waals surface area (Å²) in [6.07, 6.45) is 2.52. The molecule has 0 unspecified atom stereocenters. The van der Waals surface area contributed by atoms with Gasteiger partial charge >= 0.3 is 0 Å². The molecule has 0 radical (unpaired) electrons. The molecule has 0 spiro atoms. The van der Waals surface area contributed by atoms with Crippen molar-refractivity contribution < 1.29 is 9.53 Å². The van der Waals surface area contributed by atoms with Crippen molar-refractivity contribution in [1.82, 2.24) is 14.7 Å². The Hall–Kier alpha value is -2.96. The van der Waals surface area contributed by atoms with E-state index in [0.717, 1.165) is 33.0 Å². The molecule has 2 aromatic carbocycles. The van der Waals surface area contributed by atoms with Gasteiger partial charge in [-0.05, 0) is 25.0 Å². The normalized spacial score (nSPS) is 11.3. The number of imidazole rings is 1. The summed E-state index contributed by atoms with van der Waals surface area (Å²) in [5.41, 5.74) is 5.12. The summed E-state index contributed by atoms with van der Waals surface area (Å²) in [6.45, 7) is 5.13. The van der Waals surface area contributed by atoms with E-state index < -0.39 is 0 Å². The quantitative estimate of drug-likeness (QED) is 0.444. The maximum absolute atomic E-state index is 12.5. The first-order valence-corrected chi connectivity index (χ1v) is 10.9. The minimum Gasteiger partial charge on any atom is -0.374 e. The average Bonchev–Trinajstić information content (AvgIpc) is 3.34. The zero-order chi connectivity index (χ0) is 20.9. The van der Waals surface area contributed by atoms with Crippen molar-refractivity contribution >= 4 is 22.2 Å². The van der Waals surface area contributed by atoms with Gasteiger partial charge in [-0.15, -0.1) is 11.3 Å². The van der Waals surface area contributed by atoms with Crippen LogP contribution in [0.3, 0.4) is 0 Å². The summed E-state index contributed by atoms with van der Waals surface area (Å²) in [5.74, 6) is -0.00602. The van der Waals surface area contributed by atoms with Gasteiger partial charge in [0.2, 0.25) is 5.91 Å². The van der Waals surface area contributed by atoms with Gasteiger partial charge in [-0.1, -0.05) is 54.6 Å². The molecule has 0 saturated heterocycles. The van der Waals surface area contributed by atoms with Crippen LogP contribution in [0.1, 0.15) is 30.7 Å². The lowest BCUT2D eigenvalue weighted by Crippen LogP contribution is -2.25. The molecule has 0 aliphatic rings. The Bertz CT molecular complexity index is 1130. The highest BCUT2D eigenvalue weighted by Crippen LogP contribution is 2.23. The van der Waals surface area contributed by atoms with Crippen molar-refractivity contribution in [3.63, 3.8) is 0 Å². The second-order valence-corrected chi connectivity index (χ2v) is 8.34. The zero-order valence-corrected chi connectivity index (χ0v) is 18.0. The Morgan fingerprint density at radius 1 is 1.13 bits per heavy atom. The summed E-state index contributed by atoms with van der Waals surface area (Å²) in [6, 6.07) is 18.2. The Morgan fingerprint density at radius 2 is 1.93 bits per heavy atom. The number of rotatable bonds is 8. The number of ether oxygens (including phenoxy) is 1. The average molecular weight is 420 g/mol. The molecular formula is C24H25N3O2S. The van der Waals surface area contributed by atoms with Gasteiger partial charge in [0.15, 0.2) is 4.96 Å². The second-order valence-electron chi connectivity index (χ2n) is 7.51. The van der Waals surface area contributed by atoms with Crippen molar-refractivity contribution in [3.8, 4) is 11.3 Å². The fraction of sp³-hybridized carbons (Fsp3) is 0.250. The van der Waals surface area contributed by atoms with Crippen LogP contribution in [0.4, 0.5) is 0 Å². The van der Waals surface area contributed by atoms with Crippen LogP contribution in [-0.2, 0) is 29.1 Å². The Morgan fingerprint density at radius 3 is 2.73 bits per heavy atom. The summed E-state index contributed by atoms with van der Waals surface area (Å²) in [5, 5.41) is 5.02. The van der Waals surface area contributed by atoms with E-state index in [4.69, 9.17) is 4.74 Å². The highest BCUT2D eigenvalue weighted by molar-refractivity contribution is 7.15. The first-order chi connectivity index (χ1) is 14.6. The van der Waals surface area contributed by atoms with Gasteiger partial charge in [-0.2, -0.15) is 0 Å². The summed E-state index contributed by atoms with van der Waals surface area (Å²) in [4.78, 5) is 18.1. The van der Waals surface area contributed by atoms with E-state index in [1.807, 2.05) is 78.4 Å². The Labute approximate surface area is 180 Å². The van der Waals surface area contributed by atoms with Crippen molar-refractivity contribution in [2.45, 2.75) is 39.5 Å². The monoisotopic (exact) mass is 419 g/mol. The SMILES string of the molecule is CC(C)OCc1cccc(CNC(=O)Cc2csc3nc(-c4ccccc4)cn23)c1. The molecular weight excluding hydrogens is 394 g/mol. The lowest BCUT2D eigenvalue weighted by Gasteiger charge is -2.10. The highest BCUT2D eigenvalue weighted by atomic mass is 32.1. The van der Waals surface area contributed by atoms with Crippen LogP contribution >= 0.6 is 11.3 Å². The van der Waals surface area contributed by atoms with Crippen LogP contribution in [0.25, 0.3) is 16.2 Å². The van der Waals surface area contributed by atoms with E-state index >= 15 is 0 Å². The minimum absolute atomic E-state index is 0.00602. The first-order valence-electron chi connectivity index (χ1n) is 10.1. The van der Waals surface area contributed by atoms with Crippen molar-refractivity contribution in [2.75, 3.05) is 0 Å². The van der Waals surface area contributed by atoms with Gasteiger partial charge in [0, 0.05) is 29.4 Å². The number of fused-ring (bicyclic) bond motifs is 1. The van der Waals surface area contributed by atoms with E-state index in [-0.39, 0.29) is 12.0 Å². The fourth-order valence-electron chi connectivity index (χ4n) is 3.22. The topological polar surface area (TPSA) is 55.6 Å².